The molecule has 0 aliphatic carbocycles. The smallest absolute Gasteiger partial charge is 0.305 e. The van der Waals surface area contributed by atoms with Crippen LogP contribution in [-0.4, -0.2) is 50.6 Å². The van der Waals surface area contributed by atoms with Crippen molar-refractivity contribution in [3.8, 4) is 0 Å². The number of esters is 1. The molecule has 0 aliphatic heterocycles. The fourth-order valence-electron chi connectivity index (χ4n) is 1.64. The molecule has 0 spiro atoms. The first kappa shape index (κ1) is 17.7. The van der Waals surface area contributed by atoms with Crippen molar-refractivity contribution in [2.75, 3.05) is 33.8 Å². The van der Waals surface area contributed by atoms with E-state index in [9.17, 15) is 4.79 Å². The molecule has 0 saturated heterocycles. The van der Waals surface area contributed by atoms with Gasteiger partial charge in [0, 0.05) is 33.1 Å². The van der Waals surface area contributed by atoms with E-state index in [0.717, 1.165) is 38.4 Å². The highest BCUT2D eigenvalue weighted by Gasteiger charge is 2.04. The van der Waals surface area contributed by atoms with E-state index in [0.29, 0.717) is 6.42 Å². The van der Waals surface area contributed by atoms with Crippen LogP contribution in [0.3, 0.4) is 0 Å². The Kier molecular flexibility index (Phi) is 11.0. The Hall–Kier alpha value is -1.26. The molecule has 112 valence electrons. The lowest BCUT2D eigenvalue weighted by molar-refractivity contribution is -0.140. The molecule has 0 aromatic heterocycles. The van der Waals surface area contributed by atoms with E-state index in [2.05, 4.69) is 40.8 Å². The number of hydrogen-bond acceptors (Lipinski definition) is 3. The summed E-state index contributed by atoms with van der Waals surface area (Å²) < 4.78 is 4.60. The molecule has 1 N–H and O–H groups in total. The lowest BCUT2D eigenvalue weighted by Gasteiger charge is -2.21. The molecule has 0 aromatic rings. The summed E-state index contributed by atoms with van der Waals surface area (Å²) in [4.78, 5) is 17.7. The molecule has 0 aliphatic rings. The summed E-state index contributed by atoms with van der Waals surface area (Å²) in [7, 11) is 3.48. The zero-order valence-electron chi connectivity index (χ0n) is 12.9. The van der Waals surface area contributed by atoms with Crippen molar-refractivity contribution in [1.82, 2.24) is 10.2 Å². The van der Waals surface area contributed by atoms with Crippen LogP contribution >= 0.6 is 0 Å². The van der Waals surface area contributed by atoms with Crippen LogP contribution in [0.25, 0.3) is 0 Å². The highest BCUT2D eigenvalue weighted by Crippen LogP contribution is 1.99. The van der Waals surface area contributed by atoms with E-state index in [-0.39, 0.29) is 5.97 Å². The third-order valence-corrected chi connectivity index (χ3v) is 2.82. The maximum absolute atomic E-state index is 11.0. The largest absolute Gasteiger partial charge is 0.469 e. The molecule has 5 nitrogen and oxygen atoms in total. The molecule has 0 saturated carbocycles. The Bertz CT molecular complexity index is 267. The van der Waals surface area contributed by atoms with Gasteiger partial charge in [0.15, 0.2) is 5.96 Å². The van der Waals surface area contributed by atoms with E-state index >= 15 is 0 Å². The lowest BCUT2D eigenvalue weighted by Crippen LogP contribution is -2.39. The fourth-order valence-corrected chi connectivity index (χ4v) is 1.64. The maximum atomic E-state index is 11.0. The third-order valence-electron chi connectivity index (χ3n) is 2.82. The zero-order valence-corrected chi connectivity index (χ0v) is 12.9. The summed E-state index contributed by atoms with van der Waals surface area (Å²) in [6.07, 6.45) is 4.57. The number of rotatable bonds is 9. The number of aliphatic imine (C=N–C) groups is 1. The van der Waals surface area contributed by atoms with Gasteiger partial charge in [-0.2, -0.15) is 0 Å². The summed E-state index contributed by atoms with van der Waals surface area (Å²) >= 11 is 0. The summed E-state index contributed by atoms with van der Waals surface area (Å²) in [6.45, 7) is 6.89. The Morgan fingerprint density at radius 3 is 2.58 bits per heavy atom. The molecule has 0 bridgehead atoms. The Morgan fingerprint density at radius 1 is 1.26 bits per heavy atom. The molecule has 0 heterocycles. The second-order valence-electron chi connectivity index (χ2n) is 4.54. The van der Waals surface area contributed by atoms with Gasteiger partial charge in [-0.25, -0.2) is 0 Å². The number of hydrogen-bond donors (Lipinski definition) is 1. The Balaban J connectivity index is 4.00. The fraction of sp³-hybridized carbons (Fsp3) is 0.857. The first-order chi connectivity index (χ1) is 9.15. The van der Waals surface area contributed by atoms with Gasteiger partial charge in [-0.05, 0) is 26.2 Å². The van der Waals surface area contributed by atoms with Gasteiger partial charge in [-0.3, -0.25) is 9.79 Å². The van der Waals surface area contributed by atoms with Gasteiger partial charge < -0.3 is 15.0 Å². The van der Waals surface area contributed by atoms with E-state index in [1.165, 1.54) is 20.0 Å². The minimum atomic E-state index is -0.143. The number of nitrogens with zero attached hydrogens (tertiary/aromatic N) is 2. The van der Waals surface area contributed by atoms with Gasteiger partial charge in [-0.1, -0.05) is 13.3 Å². The quantitative estimate of drug-likeness (QED) is 0.302. The molecule has 0 aromatic carbocycles. The van der Waals surface area contributed by atoms with Crippen LogP contribution < -0.4 is 5.32 Å². The summed E-state index contributed by atoms with van der Waals surface area (Å²) in [5.41, 5.74) is 0. The lowest BCUT2D eigenvalue weighted by atomic mass is 10.2. The minimum absolute atomic E-state index is 0.143. The number of guanidine groups is 1. The second kappa shape index (κ2) is 11.8. The molecule has 0 unspecified atom stereocenters. The van der Waals surface area contributed by atoms with E-state index in [1.54, 1.807) is 0 Å². The standard InChI is InChI=1S/C14H29N3O2/c1-5-7-12-17(3)14(15-6-2)16-11-9-8-10-13(18)19-4/h5-12H2,1-4H3,(H,15,16). The zero-order chi connectivity index (χ0) is 14.5. The number of carbonyl (C=O) groups excluding carboxylic acids is 1. The van der Waals surface area contributed by atoms with Gasteiger partial charge in [0.2, 0.25) is 0 Å². The van der Waals surface area contributed by atoms with Crippen LogP contribution in [-0.2, 0) is 9.53 Å². The van der Waals surface area contributed by atoms with Crippen LogP contribution in [0.4, 0.5) is 0 Å². The van der Waals surface area contributed by atoms with E-state index < -0.39 is 0 Å². The van der Waals surface area contributed by atoms with E-state index in [1.807, 2.05) is 0 Å². The molecular formula is C14H29N3O2. The average molecular weight is 271 g/mol. The summed E-state index contributed by atoms with van der Waals surface area (Å²) in [5.74, 6) is 0.810. The molecular weight excluding hydrogens is 242 g/mol. The van der Waals surface area contributed by atoms with Crippen molar-refractivity contribution in [3.05, 3.63) is 0 Å². The van der Waals surface area contributed by atoms with Crippen molar-refractivity contribution >= 4 is 11.9 Å². The highest BCUT2D eigenvalue weighted by atomic mass is 16.5. The molecule has 0 fully saturated rings. The molecule has 19 heavy (non-hydrogen) atoms. The highest BCUT2D eigenvalue weighted by molar-refractivity contribution is 5.79. The van der Waals surface area contributed by atoms with Crippen LogP contribution in [0, 0.1) is 0 Å². The van der Waals surface area contributed by atoms with Gasteiger partial charge >= 0.3 is 5.97 Å². The first-order valence-corrected chi connectivity index (χ1v) is 7.21. The number of methoxy groups -OCH3 is 1. The molecule has 0 atom stereocenters. The SMILES string of the molecule is CCCCN(C)C(=NCCCCC(=O)OC)NCC. The Morgan fingerprint density at radius 2 is 2.00 bits per heavy atom. The van der Waals surface area contributed by atoms with Crippen molar-refractivity contribution < 1.29 is 9.53 Å². The molecule has 0 rings (SSSR count). The van der Waals surface area contributed by atoms with Gasteiger partial charge in [0.25, 0.3) is 0 Å². The predicted molar refractivity (Wildman–Crippen MR) is 79.4 cm³/mol. The molecule has 0 radical (unpaired) electrons. The molecule has 0 amide bonds. The van der Waals surface area contributed by atoms with E-state index in [4.69, 9.17) is 0 Å². The second-order valence-corrected chi connectivity index (χ2v) is 4.54. The van der Waals surface area contributed by atoms with Crippen molar-refractivity contribution in [2.45, 2.75) is 46.0 Å². The van der Waals surface area contributed by atoms with Crippen molar-refractivity contribution in [1.29, 1.82) is 0 Å². The average Bonchev–Trinajstić information content (AvgIpc) is 2.42. The number of ether oxygens (including phenoxy) is 1. The van der Waals surface area contributed by atoms with Gasteiger partial charge in [0.1, 0.15) is 0 Å². The maximum Gasteiger partial charge on any atom is 0.305 e. The van der Waals surface area contributed by atoms with Crippen LogP contribution in [0.15, 0.2) is 4.99 Å². The normalized spacial score (nSPS) is 11.3. The van der Waals surface area contributed by atoms with Crippen LogP contribution in [0.2, 0.25) is 0 Å². The van der Waals surface area contributed by atoms with Gasteiger partial charge in [0.05, 0.1) is 7.11 Å². The predicted octanol–water partition coefficient (Wildman–Crippen LogP) is 2.03. The summed E-state index contributed by atoms with van der Waals surface area (Å²) in [6, 6.07) is 0. The van der Waals surface area contributed by atoms with Crippen molar-refractivity contribution in [2.24, 2.45) is 4.99 Å². The molecule has 5 heteroatoms. The number of carbonyl (C=O) groups is 1. The minimum Gasteiger partial charge on any atom is -0.469 e. The Labute approximate surface area is 117 Å². The summed E-state index contributed by atoms with van der Waals surface area (Å²) in [5, 5.41) is 3.29. The van der Waals surface area contributed by atoms with Crippen LogP contribution in [0.1, 0.15) is 46.0 Å². The number of unbranched alkanes of at least 4 members (excludes halogenated alkanes) is 2. The monoisotopic (exact) mass is 271 g/mol. The topological polar surface area (TPSA) is 53.9 Å². The van der Waals surface area contributed by atoms with Gasteiger partial charge in [-0.15, -0.1) is 0 Å². The van der Waals surface area contributed by atoms with Crippen molar-refractivity contribution in [3.63, 3.8) is 0 Å². The first-order valence-electron chi connectivity index (χ1n) is 7.21. The third kappa shape index (κ3) is 9.33. The van der Waals surface area contributed by atoms with Crippen LogP contribution in [0.5, 0.6) is 0 Å². The number of nitrogens with one attached hydrogen (secondary N) is 1.